The van der Waals surface area contributed by atoms with Gasteiger partial charge in [-0.25, -0.2) is 0 Å². The van der Waals surface area contributed by atoms with Crippen LogP contribution in [0.25, 0.3) is 16.3 Å². The number of piperidine rings is 1. The second-order valence-corrected chi connectivity index (χ2v) is 7.59. The molecular formula is C23H26N2O2. The molecule has 0 radical (unpaired) electrons. The number of nitrogens with zero attached hydrogens (tertiary/aromatic N) is 2. The summed E-state index contributed by atoms with van der Waals surface area (Å²) in [6.45, 7) is 4.36. The smallest absolute Gasteiger partial charge is 0.227 e. The Balaban J connectivity index is 1.48. The summed E-state index contributed by atoms with van der Waals surface area (Å²) in [5, 5.41) is 2.52. The zero-order valence-electron chi connectivity index (χ0n) is 15.9. The average molecular weight is 362 g/mol. The van der Waals surface area contributed by atoms with Crippen molar-refractivity contribution in [3.63, 3.8) is 0 Å². The molecule has 0 aliphatic carbocycles. The van der Waals surface area contributed by atoms with E-state index in [4.69, 9.17) is 0 Å². The van der Waals surface area contributed by atoms with E-state index in [1.807, 2.05) is 9.80 Å². The Labute approximate surface area is 160 Å². The van der Waals surface area contributed by atoms with Crippen LogP contribution in [0.1, 0.15) is 31.7 Å². The summed E-state index contributed by atoms with van der Waals surface area (Å²) >= 11 is 0. The first-order valence-corrected chi connectivity index (χ1v) is 9.85. The molecule has 27 heavy (non-hydrogen) atoms. The lowest BCUT2D eigenvalue weighted by Crippen LogP contribution is -2.47. The van der Waals surface area contributed by atoms with E-state index in [2.05, 4.69) is 48.5 Å². The van der Waals surface area contributed by atoms with E-state index in [1.165, 1.54) is 21.9 Å². The number of amides is 2. The van der Waals surface area contributed by atoms with Gasteiger partial charge in [0.25, 0.3) is 0 Å². The molecule has 1 saturated heterocycles. The molecule has 4 rings (SSSR count). The number of carbonyl (C=O) groups is 2. The van der Waals surface area contributed by atoms with Gasteiger partial charge in [0.15, 0.2) is 0 Å². The number of fused-ring (bicyclic) bond motifs is 1. The molecule has 2 heterocycles. The van der Waals surface area contributed by atoms with Crippen LogP contribution in [0.4, 0.5) is 0 Å². The van der Waals surface area contributed by atoms with Crippen molar-refractivity contribution in [1.29, 1.82) is 0 Å². The van der Waals surface area contributed by atoms with E-state index in [9.17, 15) is 9.59 Å². The second-order valence-electron chi connectivity index (χ2n) is 7.59. The molecule has 0 unspecified atom stereocenters. The number of rotatable bonds is 2. The third-order valence-electron chi connectivity index (χ3n) is 5.87. The van der Waals surface area contributed by atoms with E-state index in [0.29, 0.717) is 13.1 Å². The number of likely N-dealkylation sites (tertiary alicyclic amines) is 1. The zero-order chi connectivity index (χ0) is 18.8. The molecule has 1 atom stereocenters. The summed E-state index contributed by atoms with van der Waals surface area (Å²) < 4.78 is 0. The van der Waals surface area contributed by atoms with Crippen LogP contribution in [-0.2, 0) is 9.59 Å². The fourth-order valence-electron chi connectivity index (χ4n) is 4.34. The molecule has 2 aromatic rings. The summed E-state index contributed by atoms with van der Waals surface area (Å²) in [7, 11) is 0. The van der Waals surface area contributed by atoms with Gasteiger partial charge < -0.3 is 9.80 Å². The van der Waals surface area contributed by atoms with Gasteiger partial charge in [-0.15, -0.1) is 0 Å². The molecule has 2 aliphatic rings. The topological polar surface area (TPSA) is 40.6 Å². The van der Waals surface area contributed by atoms with Crippen molar-refractivity contribution >= 4 is 28.2 Å². The molecule has 0 aromatic heterocycles. The van der Waals surface area contributed by atoms with Gasteiger partial charge in [-0.3, -0.25) is 9.59 Å². The summed E-state index contributed by atoms with van der Waals surface area (Å²) in [5.74, 6) is 0.230. The van der Waals surface area contributed by atoms with Crippen LogP contribution >= 0.6 is 0 Å². The number of benzene rings is 2. The molecule has 0 N–H and O–H groups in total. The fourth-order valence-corrected chi connectivity index (χ4v) is 4.34. The highest BCUT2D eigenvalue weighted by Gasteiger charge is 2.30. The van der Waals surface area contributed by atoms with Crippen molar-refractivity contribution in [1.82, 2.24) is 9.80 Å². The lowest BCUT2D eigenvalue weighted by Gasteiger charge is -2.35. The Morgan fingerprint density at radius 2 is 1.81 bits per heavy atom. The molecule has 0 spiro atoms. The first-order chi connectivity index (χ1) is 13.1. The van der Waals surface area contributed by atoms with E-state index in [0.717, 1.165) is 32.4 Å². The van der Waals surface area contributed by atoms with Crippen LogP contribution in [0.3, 0.4) is 0 Å². The molecule has 4 nitrogen and oxygen atoms in total. The Morgan fingerprint density at radius 3 is 2.59 bits per heavy atom. The van der Waals surface area contributed by atoms with Crippen LogP contribution in [0.15, 0.2) is 48.5 Å². The van der Waals surface area contributed by atoms with Crippen molar-refractivity contribution in [2.75, 3.05) is 26.2 Å². The Morgan fingerprint density at radius 1 is 1.00 bits per heavy atom. The van der Waals surface area contributed by atoms with Gasteiger partial charge in [0, 0.05) is 33.1 Å². The van der Waals surface area contributed by atoms with Crippen molar-refractivity contribution in [3.05, 3.63) is 54.1 Å². The molecule has 2 aromatic carbocycles. The van der Waals surface area contributed by atoms with Crippen LogP contribution in [-0.4, -0.2) is 47.8 Å². The summed E-state index contributed by atoms with van der Waals surface area (Å²) in [6.07, 6.45) is 4.89. The van der Waals surface area contributed by atoms with Crippen molar-refractivity contribution in [2.45, 2.75) is 26.2 Å². The standard InChI is InChI=1S/C23H26N2O2/c1-17(26)25-13-5-8-20(16-25)23(27)24-14-11-19(12-15-24)22-10-4-7-18-6-2-3-9-21(18)22/h2-4,6-7,9-11,20H,5,8,12-16H2,1H3/t20-/m1/s1. The number of hydrogen-bond acceptors (Lipinski definition) is 2. The molecule has 0 saturated carbocycles. The molecule has 1 fully saturated rings. The normalized spacial score (nSPS) is 20.5. The van der Waals surface area contributed by atoms with Gasteiger partial charge in [-0.05, 0) is 41.2 Å². The summed E-state index contributed by atoms with van der Waals surface area (Å²) in [6, 6.07) is 14.9. The number of hydrogen-bond donors (Lipinski definition) is 0. The van der Waals surface area contributed by atoms with Crippen molar-refractivity contribution in [3.8, 4) is 0 Å². The SMILES string of the molecule is CC(=O)N1CCC[C@@H](C(=O)N2CC=C(c3cccc4ccccc34)CC2)C1. The molecule has 2 amide bonds. The highest BCUT2D eigenvalue weighted by Crippen LogP contribution is 2.30. The first kappa shape index (κ1) is 17.8. The monoisotopic (exact) mass is 362 g/mol. The van der Waals surface area contributed by atoms with E-state index < -0.39 is 0 Å². The Kier molecular flexibility index (Phi) is 4.97. The van der Waals surface area contributed by atoms with Gasteiger partial charge in [0.05, 0.1) is 5.92 Å². The molecular weight excluding hydrogens is 336 g/mol. The second kappa shape index (κ2) is 7.55. The molecule has 140 valence electrons. The summed E-state index contributed by atoms with van der Waals surface area (Å²) in [4.78, 5) is 28.4. The predicted octanol–water partition coefficient (Wildman–Crippen LogP) is 3.71. The van der Waals surface area contributed by atoms with E-state index in [1.54, 1.807) is 6.92 Å². The average Bonchev–Trinajstić information content (AvgIpc) is 2.73. The van der Waals surface area contributed by atoms with Gasteiger partial charge in [0.1, 0.15) is 0 Å². The lowest BCUT2D eigenvalue weighted by atomic mass is 9.92. The van der Waals surface area contributed by atoms with Crippen molar-refractivity contribution in [2.24, 2.45) is 5.92 Å². The maximum Gasteiger partial charge on any atom is 0.227 e. The van der Waals surface area contributed by atoms with Crippen LogP contribution in [0.2, 0.25) is 0 Å². The third kappa shape index (κ3) is 3.61. The minimum absolute atomic E-state index is 0.0462. The number of carbonyl (C=O) groups excluding carboxylic acids is 2. The molecule has 0 bridgehead atoms. The van der Waals surface area contributed by atoms with Crippen LogP contribution in [0.5, 0.6) is 0 Å². The van der Waals surface area contributed by atoms with Crippen LogP contribution < -0.4 is 0 Å². The predicted molar refractivity (Wildman–Crippen MR) is 108 cm³/mol. The maximum absolute atomic E-state index is 12.9. The third-order valence-corrected chi connectivity index (χ3v) is 5.87. The molecule has 4 heteroatoms. The van der Waals surface area contributed by atoms with Crippen LogP contribution in [0, 0.1) is 5.92 Å². The fraction of sp³-hybridized carbons (Fsp3) is 0.391. The van der Waals surface area contributed by atoms with Crippen molar-refractivity contribution < 1.29 is 9.59 Å². The quantitative estimate of drug-likeness (QED) is 0.817. The Hall–Kier alpha value is -2.62. The van der Waals surface area contributed by atoms with Gasteiger partial charge in [0.2, 0.25) is 11.8 Å². The zero-order valence-corrected chi connectivity index (χ0v) is 15.9. The minimum atomic E-state index is -0.0462. The van der Waals surface area contributed by atoms with Gasteiger partial charge >= 0.3 is 0 Å². The first-order valence-electron chi connectivity index (χ1n) is 9.85. The lowest BCUT2D eigenvalue weighted by molar-refractivity contribution is -0.139. The van der Waals surface area contributed by atoms with E-state index >= 15 is 0 Å². The minimum Gasteiger partial charge on any atom is -0.342 e. The highest BCUT2D eigenvalue weighted by molar-refractivity contribution is 5.94. The Bertz CT molecular complexity index is 897. The maximum atomic E-state index is 12.9. The molecule has 2 aliphatic heterocycles. The van der Waals surface area contributed by atoms with E-state index in [-0.39, 0.29) is 17.7 Å². The largest absolute Gasteiger partial charge is 0.342 e. The highest BCUT2D eigenvalue weighted by atomic mass is 16.2. The van der Waals surface area contributed by atoms with Gasteiger partial charge in [-0.1, -0.05) is 48.5 Å². The summed E-state index contributed by atoms with van der Waals surface area (Å²) in [5.41, 5.74) is 2.60. The van der Waals surface area contributed by atoms with Gasteiger partial charge in [-0.2, -0.15) is 0 Å².